The van der Waals surface area contributed by atoms with E-state index in [1.165, 1.54) is 10.8 Å². The first-order valence-corrected chi connectivity index (χ1v) is 6.22. The van der Waals surface area contributed by atoms with Crippen molar-refractivity contribution in [2.45, 2.75) is 6.54 Å². The normalized spacial score (nSPS) is 10.8. The molecule has 0 spiro atoms. The molecule has 0 aliphatic heterocycles. The lowest BCUT2D eigenvalue weighted by molar-refractivity contribution is 0.751. The summed E-state index contributed by atoms with van der Waals surface area (Å²) in [6, 6.07) is 8.72. The van der Waals surface area contributed by atoms with Crippen molar-refractivity contribution in [1.29, 1.82) is 0 Å². The van der Waals surface area contributed by atoms with Crippen LogP contribution < -0.4 is 11.2 Å². The first kappa shape index (κ1) is 12.6. The van der Waals surface area contributed by atoms with Gasteiger partial charge in [0, 0.05) is 5.02 Å². The smallest absolute Gasteiger partial charge is 0.287 e. The molecule has 0 amide bonds. The van der Waals surface area contributed by atoms with Crippen LogP contribution >= 0.6 is 11.6 Å². The molecule has 20 heavy (non-hydrogen) atoms. The summed E-state index contributed by atoms with van der Waals surface area (Å²) in [4.78, 5) is 25.9. The second-order valence-electron chi connectivity index (χ2n) is 4.24. The van der Waals surface area contributed by atoms with Crippen molar-refractivity contribution in [3.8, 4) is 0 Å². The number of nitrogens with zero attached hydrogens (tertiary/aromatic N) is 3. The van der Waals surface area contributed by atoms with Crippen molar-refractivity contribution in [2.24, 2.45) is 0 Å². The Kier molecular flexibility index (Phi) is 3.08. The van der Waals surface area contributed by atoms with Crippen LogP contribution in [-0.4, -0.2) is 19.7 Å². The second-order valence-corrected chi connectivity index (χ2v) is 4.67. The summed E-state index contributed by atoms with van der Waals surface area (Å²) in [6.07, 6.45) is 1.44. The van der Waals surface area contributed by atoms with Gasteiger partial charge >= 0.3 is 5.69 Å². The molecule has 0 fully saturated rings. The van der Waals surface area contributed by atoms with E-state index in [1.807, 2.05) is 12.1 Å². The van der Waals surface area contributed by atoms with Gasteiger partial charge < -0.3 is 0 Å². The van der Waals surface area contributed by atoms with Gasteiger partial charge in [-0.3, -0.25) is 14.3 Å². The summed E-state index contributed by atoms with van der Waals surface area (Å²) in [5.41, 5.74) is 0.460. The highest BCUT2D eigenvalue weighted by Crippen LogP contribution is 2.11. The second kappa shape index (κ2) is 4.90. The molecule has 0 atom stereocenters. The molecule has 2 heterocycles. The Labute approximate surface area is 117 Å². The molecule has 3 rings (SSSR count). The summed E-state index contributed by atoms with van der Waals surface area (Å²) in [7, 11) is 0. The van der Waals surface area contributed by atoms with Crippen LogP contribution in [0.25, 0.3) is 11.0 Å². The van der Waals surface area contributed by atoms with E-state index < -0.39 is 11.2 Å². The molecule has 7 heteroatoms. The average molecular weight is 289 g/mol. The van der Waals surface area contributed by atoms with E-state index in [9.17, 15) is 9.59 Å². The maximum absolute atomic E-state index is 12.0. The third-order valence-corrected chi connectivity index (χ3v) is 3.18. The van der Waals surface area contributed by atoms with Crippen LogP contribution in [0.2, 0.25) is 5.02 Å². The van der Waals surface area contributed by atoms with Crippen LogP contribution in [0.3, 0.4) is 0 Å². The number of aromatic amines is 1. The molecule has 3 aromatic rings. The van der Waals surface area contributed by atoms with E-state index >= 15 is 0 Å². The monoisotopic (exact) mass is 288 g/mol. The average Bonchev–Trinajstić information content (AvgIpc) is 2.45. The van der Waals surface area contributed by atoms with Gasteiger partial charge in [-0.1, -0.05) is 23.7 Å². The van der Waals surface area contributed by atoms with Crippen LogP contribution in [-0.2, 0) is 6.54 Å². The van der Waals surface area contributed by atoms with Crippen molar-refractivity contribution < 1.29 is 0 Å². The molecule has 0 aliphatic rings. The van der Waals surface area contributed by atoms with E-state index in [-0.39, 0.29) is 5.52 Å². The standard InChI is InChI=1S/C13H9ClN4O2/c14-9-3-1-8(2-4-9)7-18-10-5-6-15-17-11(10)12(19)16-13(18)20/h1-6H,7H2,(H,16,19,20). The Bertz CT molecular complexity index is 883. The summed E-state index contributed by atoms with van der Waals surface area (Å²) in [6.45, 7) is 0.314. The van der Waals surface area contributed by atoms with Gasteiger partial charge in [-0.05, 0) is 23.8 Å². The minimum atomic E-state index is -0.537. The highest BCUT2D eigenvalue weighted by atomic mass is 35.5. The number of hydrogen-bond donors (Lipinski definition) is 1. The Morgan fingerprint density at radius 3 is 2.65 bits per heavy atom. The Hall–Kier alpha value is -2.47. The van der Waals surface area contributed by atoms with Crippen molar-refractivity contribution in [3.05, 3.63) is 68.0 Å². The number of nitrogens with one attached hydrogen (secondary N) is 1. The summed E-state index contributed by atoms with van der Waals surface area (Å²) < 4.78 is 1.44. The number of H-pyrrole nitrogens is 1. The number of hydrogen-bond acceptors (Lipinski definition) is 4. The lowest BCUT2D eigenvalue weighted by atomic mass is 10.2. The highest BCUT2D eigenvalue weighted by Gasteiger charge is 2.08. The SMILES string of the molecule is O=c1[nH]c(=O)n(Cc2ccc(Cl)cc2)c2ccnnc12. The lowest BCUT2D eigenvalue weighted by Crippen LogP contribution is -2.31. The first-order chi connectivity index (χ1) is 9.65. The quantitative estimate of drug-likeness (QED) is 0.768. The van der Waals surface area contributed by atoms with Gasteiger partial charge in [-0.15, -0.1) is 5.10 Å². The van der Waals surface area contributed by atoms with Crippen molar-refractivity contribution in [3.63, 3.8) is 0 Å². The van der Waals surface area contributed by atoms with Crippen LogP contribution in [0.4, 0.5) is 0 Å². The van der Waals surface area contributed by atoms with Crippen LogP contribution in [0, 0.1) is 0 Å². The van der Waals surface area contributed by atoms with Gasteiger partial charge in [0.1, 0.15) is 0 Å². The maximum atomic E-state index is 12.0. The highest BCUT2D eigenvalue weighted by molar-refractivity contribution is 6.30. The van der Waals surface area contributed by atoms with Gasteiger partial charge in [0.25, 0.3) is 5.56 Å². The third-order valence-electron chi connectivity index (χ3n) is 2.92. The Morgan fingerprint density at radius 1 is 1.15 bits per heavy atom. The summed E-state index contributed by atoms with van der Waals surface area (Å²) in [5.74, 6) is 0. The molecular formula is C13H9ClN4O2. The molecular weight excluding hydrogens is 280 g/mol. The van der Waals surface area contributed by atoms with Gasteiger partial charge in [0.05, 0.1) is 18.3 Å². The van der Waals surface area contributed by atoms with Crippen LogP contribution in [0.15, 0.2) is 46.1 Å². The molecule has 1 aromatic carbocycles. The molecule has 1 N–H and O–H groups in total. The number of fused-ring (bicyclic) bond motifs is 1. The van der Waals surface area contributed by atoms with Crippen molar-refractivity contribution in [1.82, 2.24) is 19.7 Å². The predicted octanol–water partition coefficient (Wildman–Crippen LogP) is 1.18. The van der Waals surface area contributed by atoms with E-state index in [1.54, 1.807) is 18.2 Å². The van der Waals surface area contributed by atoms with Gasteiger partial charge in [0.15, 0.2) is 5.52 Å². The lowest BCUT2D eigenvalue weighted by Gasteiger charge is -2.08. The molecule has 0 saturated heterocycles. The van der Waals surface area contributed by atoms with E-state index in [0.29, 0.717) is 17.1 Å². The number of rotatable bonds is 2. The Morgan fingerprint density at radius 2 is 1.90 bits per heavy atom. The fraction of sp³-hybridized carbons (Fsp3) is 0.0769. The van der Waals surface area contributed by atoms with Gasteiger partial charge in [-0.25, -0.2) is 4.79 Å². The molecule has 2 aromatic heterocycles. The third kappa shape index (κ3) is 2.21. The Balaban J connectivity index is 2.18. The van der Waals surface area contributed by atoms with Crippen LogP contribution in [0.1, 0.15) is 5.56 Å². The van der Waals surface area contributed by atoms with Crippen molar-refractivity contribution in [2.75, 3.05) is 0 Å². The van der Waals surface area contributed by atoms with Crippen molar-refractivity contribution >= 4 is 22.6 Å². The molecule has 0 radical (unpaired) electrons. The zero-order valence-electron chi connectivity index (χ0n) is 10.2. The molecule has 0 bridgehead atoms. The maximum Gasteiger partial charge on any atom is 0.329 e. The molecule has 0 aliphatic carbocycles. The summed E-state index contributed by atoms with van der Waals surface area (Å²) in [5, 5.41) is 8.05. The molecule has 100 valence electrons. The van der Waals surface area contributed by atoms with Gasteiger partial charge in [0.2, 0.25) is 0 Å². The van der Waals surface area contributed by atoms with E-state index in [4.69, 9.17) is 11.6 Å². The minimum absolute atomic E-state index is 0.140. The van der Waals surface area contributed by atoms with E-state index in [2.05, 4.69) is 15.2 Å². The summed E-state index contributed by atoms with van der Waals surface area (Å²) >= 11 is 5.83. The molecule has 6 nitrogen and oxygen atoms in total. The molecule has 0 unspecified atom stereocenters. The van der Waals surface area contributed by atoms with E-state index in [0.717, 1.165) is 5.56 Å². The number of halogens is 1. The minimum Gasteiger partial charge on any atom is -0.287 e. The number of aromatic nitrogens is 4. The molecule has 0 saturated carbocycles. The number of benzene rings is 1. The zero-order chi connectivity index (χ0) is 14.1. The van der Waals surface area contributed by atoms with Gasteiger partial charge in [-0.2, -0.15) is 5.10 Å². The van der Waals surface area contributed by atoms with Crippen LogP contribution in [0.5, 0.6) is 0 Å². The predicted molar refractivity (Wildman–Crippen MR) is 75.0 cm³/mol. The fourth-order valence-electron chi connectivity index (χ4n) is 1.97. The topological polar surface area (TPSA) is 80.6 Å². The fourth-order valence-corrected chi connectivity index (χ4v) is 2.09. The zero-order valence-corrected chi connectivity index (χ0v) is 11.0. The largest absolute Gasteiger partial charge is 0.329 e. The first-order valence-electron chi connectivity index (χ1n) is 5.84.